The Labute approximate surface area is 196 Å². The minimum absolute atomic E-state index is 0.152. The summed E-state index contributed by atoms with van der Waals surface area (Å²) < 4.78 is 37.0. The number of nitrogens with zero attached hydrogens (tertiary/aromatic N) is 1. The molecule has 1 fully saturated rings. The van der Waals surface area contributed by atoms with E-state index in [0.717, 1.165) is 36.5 Å². The number of carbonyl (C=O) groups is 1. The highest BCUT2D eigenvalue weighted by Crippen LogP contribution is 2.38. The first-order chi connectivity index (χ1) is 14.6. The molecule has 1 N–H and O–H groups in total. The quantitative estimate of drug-likeness (QED) is 0.402. The van der Waals surface area contributed by atoms with Gasteiger partial charge in [0.2, 0.25) is 0 Å². The molecule has 1 aromatic carbocycles. The zero-order valence-corrected chi connectivity index (χ0v) is 21.3. The lowest BCUT2D eigenvalue weighted by Gasteiger charge is -2.33. The van der Waals surface area contributed by atoms with Crippen LogP contribution in [0.4, 0.5) is 18.9 Å². The third-order valence-electron chi connectivity index (χ3n) is 5.29. The van der Waals surface area contributed by atoms with E-state index in [1.807, 2.05) is 13.8 Å². The second-order valence-corrected chi connectivity index (χ2v) is 9.80. The molecule has 184 valence electrons. The number of carbonyl (C=O) groups excluding carboxylic acids is 1. The van der Waals surface area contributed by atoms with E-state index in [-0.39, 0.29) is 17.2 Å². The molecule has 1 aliphatic rings. The highest BCUT2D eigenvalue weighted by atomic mass is 35.5. The Kier molecular flexibility index (Phi) is 13.4. The average molecular weight is 478 g/mol. The Morgan fingerprint density at radius 2 is 1.81 bits per heavy atom. The number of halogens is 4. The standard InChI is InChI=1S/C12H15ClFN.C7H12F2O2.C6H12/c1-4-5-9(3)15-12-7-11(14)10(13)6-8(12)2;1-3-5(10)4-7(2,11)6(8)9;1-6(2)4-3-5-6/h6-7H,4-5H2,1-3H3;6,11H,3-4H2,1-2H3;3-5H2,1-2H3. The molecule has 32 heavy (non-hydrogen) atoms. The number of alkyl halides is 2. The predicted molar refractivity (Wildman–Crippen MR) is 128 cm³/mol. The van der Waals surface area contributed by atoms with E-state index in [4.69, 9.17) is 16.7 Å². The van der Waals surface area contributed by atoms with Crippen molar-refractivity contribution < 1.29 is 23.1 Å². The molecule has 7 heteroatoms. The third kappa shape index (κ3) is 12.0. The predicted octanol–water partition coefficient (Wildman–Crippen LogP) is 8.25. The average Bonchev–Trinajstić information content (AvgIpc) is 2.65. The minimum atomic E-state index is -2.86. The van der Waals surface area contributed by atoms with Crippen molar-refractivity contribution in [1.29, 1.82) is 0 Å². The molecule has 0 aromatic heterocycles. The van der Waals surface area contributed by atoms with Gasteiger partial charge in [0, 0.05) is 24.6 Å². The first-order valence-electron chi connectivity index (χ1n) is 11.2. The molecule has 1 saturated carbocycles. The Bertz CT molecular complexity index is 756. The summed E-state index contributed by atoms with van der Waals surface area (Å²) in [7, 11) is 0. The molecular weight excluding hydrogens is 439 g/mol. The number of ketones is 1. The molecule has 0 aliphatic heterocycles. The largest absolute Gasteiger partial charge is 0.384 e. The van der Waals surface area contributed by atoms with Crippen LogP contribution in [-0.4, -0.2) is 28.6 Å². The zero-order valence-electron chi connectivity index (χ0n) is 20.5. The SMILES string of the molecule is CC1(C)CCC1.CCC(=O)CC(C)(O)C(F)F.CCCC(C)=Nc1cc(F)c(Cl)cc1C. The summed E-state index contributed by atoms with van der Waals surface area (Å²) in [6, 6.07) is 2.99. The molecule has 1 unspecified atom stereocenters. The van der Waals surface area contributed by atoms with E-state index in [1.165, 1.54) is 25.3 Å². The van der Waals surface area contributed by atoms with Gasteiger partial charge < -0.3 is 5.11 Å². The second-order valence-electron chi connectivity index (χ2n) is 9.39. The summed E-state index contributed by atoms with van der Waals surface area (Å²) >= 11 is 5.66. The summed E-state index contributed by atoms with van der Waals surface area (Å²) in [5.41, 5.74) is 1.15. The summed E-state index contributed by atoms with van der Waals surface area (Å²) in [6.07, 6.45) is 3.20. The number of benzene rings is 1. The van der Waals surface area contributed by atoms with Gasteiger partial charge in [-0.05, 0) is 57.1 Å². The van der Waals surface area contributed by atoms with Crippen LogP contribution in [0.2, 0.25) is 5.02 Å². The monoisotopic (exact) mass is 477 g/mol. The van der Waals surface area contributed by atoms with Crippen LogP contribution in [0.3, 0.4) is 0 Å². The number of aryl methyl sites for hydroxylation is 1. The van der Waals surface area contributed by atoms with Crippen molar-refractivity contribution in [2.45, 2.75) is 105 Å². The van der Waals surface area contributed by atoms with Gasteiger partial charge in [0.05, 0.1) is 10.7 Å². The van der Waals surface area contributed by atoms with Gasteiger partial charge in [0.25, 0.3) is 6.43 Å². The van der Waals surface area contributed by atoms with Crippen LogP contribution >= 0.6 is 11.6 Å². The summed E-state index contributed by atoms with van der Waals surface area (Å²) in [6.45, 7) is 13.1. The van der Waals surface area contributed by atoms with E-state index >= 15 is 0 Å². The lowest BCUT2D eigenvalue weighted by Crippen LogP contribution is -2.35. The fourth-order valence-corrected chi connectivity index (χ4v) is 3.08. The first kappa shape index (κ1) is 30.6. The van der Waals surface area contributed by atoms with Crippen molar-refractivity contribution in [1.82, 2.24) is 0 Å². The van der Waals surface area contributed by atoms with Gasteiger partial charge in [-0.1, -0.05) is 52.1 Å². The van der Waals surface area contributed by atoms with Gasteiger partial charge in [-0.3, -0.25) is 9.79 Å². The maximum absolute atomic E-state index is 13.2. The lowest BCUT2D eigenvalue weighted by atomic mass is 9.72. The number of aliphatic hydroxyl groups is 1. The molecule has 0 radical (unpaired) electrons. The molecule has 0 amide bonds. The van der Waals surface area contributed by atoms with Crippen LogP contribution in [-0.2, 0) is 4.79 Å². The topological polar surface area (TPSA) is 49.7 Å². The van der Waals surface area contributed by atoms with Crippen molar-refractivity contribution in [3.8, 4) is 0 Å². The molecule has 1 aliphatic carbocycles. The van der Waals surface area contributed by atoms with Crippen molar-refractivity contribution in [3.63, 3.8) is 0 Å². The van der Waals surface area contributed by atoms with Gasteiger partial charge in [0.15, 0.2) is 0 Å². The van der Waals surface area contributed by atoms with Crippen molar-refractivity contribution in [3.05, 3.63) is 28.5 Å². The van der Waals surface area contributed by atoms with E-state index in [0.29, 0.717) is 5.69 Å². The van der Waals surface area contributed by atoms with Crippen LogP contribution in [0.5, 0.6) is 0 Å². The highest BCUT2D eigenvalue weighted by molar-refractivity contribution is 6.30. The molecule has 0 spiro atoms. The van der Waals surface area contributed by atoms with Gasteiger partial charge in [0.1, 0.15) is 17.2 Å². The van der Waals surface area contributed by atoms with Crippen LogP contribution in [0.15, 0.2) is 17.1 Å². The zero-order chi connectivity index (χ0) is 25.1. The fraction of sp³-hybridized carbons (Fsp3) is 0.680. The van der Waals surface area contributed by atoms with Gasteiger partial charge in [-0.15, -0.1) is 0 Å². The lowest BCUT2D eigenvalue weighted by molar-refractivity contribution is -0.132. The van der Waals surface area contributed by atoms with Crippen LogP contribution in [0.25, 0.3) is 0 Å². The van der Waals surface area contributed by atoms with Gasteiger partial charge in [-0.2, -0.15) is 0 Å². The van der Waals surface area contributed by atoms with E-state index < -0.39 is 24.3 Å². The smallest absolute Gasteiger partial charge is 0.266 e. The number of hydrogen-bond donors (Lipinski definition) is 1. The first-order valence-corrected chi connectivity index (χ1v) is 11.5. The molecule has 3 nitrogen and oxygen atoms in total. The fourth-order valence-electron chi connectivity index (χ4n) is 2.86. The number of aliphatic imine (C=N–C) groups is 1. The van der Waals surface area contributed by atoms with Crippen LogP contribution in [0.1, 0.15) is 92.1 Å². The Hall–Kier alpha value is -1.40. The Morgan fingerprint density at radius 1 is 1.28 bits per heavy atom. The number of rotatable bonds is 7. The second kappa shape index (κ2) is 14.0. The van der Waals surface area contributed by atoms with E-state index in [9.17, 15) is 18.0 Å². The van der Waals surface area contributed by atoms with Gasteiger partial charge >= 0.3 is 0 Å². The molecular formula is C25H39ClF3NO2. The summed E-state index contributed by atoms with van der Waals surface area (Å²) in [5.74, 6) is -0.763. The Morgan fingerprint density at radius 3 is 2.19 bits per heavy atom. The minimum Gasteiger partial charge on any atom is -0.384 e. The van der Waals surface area contributed by atoms with E-state index in [1.54, 1.807) is 13.0 Å². The molecule has 2 rings (SSSR count). The number of Topliss-reactive ketones (excluding diaryl/α,β-unsaturated/α-hetero) is 1. The molecule has 0 saturated heterocycles. The molecule has 0 heterocycles. The van der Waals surface area contributed by atoms with Crippen LogP contribution in [0, 0.1) is 18.2 Å². The van der Waals surface area contributed by atoms with E-state index in [2.05, 4.69) is 25.8 Å². The summed E-state index contributed by atoms with van der Waals surface area (Å²) in [4.78, 5) is 15.0. The third-order valence-corrected chi connectivity index (χ3v) is 5.58. The van der Waals surface area contributed by atoms with Gasteiger partial charge in [-0.25, -0.2) is 13.2 Å². The van der Waals surface area contributed by atoms with Crippen molar-refractivity contribution in [2.75, 3.05) is 0 Å². The molecule has 1 aromatic rings. The highest BCUT2D eigenvalue weighted by Gasteiger charge is 2.33. The normalized spacial score (nSPS) is 16.7. The maximum atomic E-state index is 13.2. The van der Waals surface area contributed by atoms with Crippen molar-refractivity contribution >= 4 is 28.8 Å². The van der Waals surface area contributed by atoms with Crippen LogP contribution < -0.4 is 0 Å². The Balaban J connectivity index is 0.000000493. The number of hydrogen-bond acceptors (Lipinski definition) is 3. The maximum Gasteiger partial charge on any atom is 0.266 e. The molecule has 0 bridgehead atoms. The molecule has 1 atom stereocenters. The summed E-state index contributed by atoms with van der Waals surface area (Å²) in [5, 5.41) is 9.07. The van der Waals surface area contributed by atoms with Crippen molar-refractivity contribution in [2.24, 2.45) is 10.4 Å².